The summed E-state index contributed by atoms with van der Waals surface area (Å²) in [6.45, 7) is 3.59. The maximum Gasteiger partial charge on any atom is 0.336 e. The Morgan fingerprint density at radius 2 is 1.97 bits per heavy atom. The van der Waals surface area contributed by atoms with Gasteiger partial charge in [-0.2, -0.15) is 0 Å². The van der Waals surface area contributed by atoms with E-state index in [2.05, 4.69) is 0 Å². The van der Waals surface area contributed by atoms with Crippen molar-refractivity contribution in [2.75, 3.05) is 19.8 Å². The molecule has 0 aromatic heterocycles. The Labute approximate surface area is 174 Å². The molecular weight excluding hydrogens is 390 g/mol. The SMILES string of the molecule is CCCOc1ccccc1/C=C/C(=O)Oc1ccc(C2OCCCO2)cc1[N+](=O)[O-]. The highest BCUT2D eigenvalue weighted by molar-refractivity contribution is 5.89. The summed E-state index contributed by atoms with van der Waals surface area (Å²) in [6.07, 6.45) is 3.72. The van der Waals surface area contributed by atoms with Gasteiger partial charge in [0.15, 0.2) is 6.29 Å². The fourth-order valence-corrected chi connectivity index (χ4v) is 2.85. The topological polar surface area (TPSA) is 97.1 Å². The number of carbonyl (C=O) groups is 1. The first-order chi connectivity index (χ1) is 14.6. The van der Waals surface area contributed by atoms with Gasteiger partial charge in [0.05, 0.1) is 24.7 Å². The molecule has 0 N–H and O–H groups in total. The van der Waals surface area contributed by atoms with Gasteiger partial charge < -0.3 is 18.9 Å². The van der Waals surface area contributed by atoms with E-state index in [1.807, 2.05) is 19.1 Å². The van der Waals surface area contributed by atoms with Crippen LogP contribution in [-0.2, 0) is 14.3 Å². The zero-order valence-electron chi connectivity index (χ0n) is 16.6. The quantitative estimate of drug-likeness (QED) is 0.207. The molecule has 0 amide bonds. The van der Waals surface area contributed by atoms with E-state index in [0.29, 0.717) is 36.7 Å². The van der Waals surface area contributed by atoms with Crippen LogP contribution in [-0.4, -0.2) is 30.7 Å². The number of rotatable bonds is 8. The van der Waals surface area contributed by atoms with Crippen molar-refractivity contribution in [1.29, 1.82) is 0 Å². The fourth-order valence-electron chi connectivity index (χ4n) is 2.85. The molecule has 158 valence electrons. The Morgan fingerprint density at radius 1 is 1.20 bits per heavy atom. The van der Waals surface area contributed by atoms with E-state index in [4.69, 9.17) is 18.9 Å². The Hall–Kier alpha value is -3.23. The molecule has 30 heavy (non-hydrogen) atoms. The van der Waals surface area contributed by atoms with Crippen LogP contribution in [0.15, 0.2) is 48.5 Å². The van der Waals surface area contributed by atoms with Crippen molar-refractivity contribution in [3.05, 3.63) is 69.8 Å². The van der Waals surface area contributed by atoms with Gasteiger partial charge in [-0.25, -0.2) is 4.79 Å². The molecule has 1 aliphatic heterocycles. The zero-order valence-corrected chi connectivity index (χ0v) is 16.6. The van der Waals surface area contributed by atoms with Crippen LogP contribution in [0.4, 0.5) is 5.69 Å². The Balaban J connectivity index is 1.73. The molecule has 1 fully saturated rings. The van der Waals surface area contributed by atoms with Crippen molar-refractivity contribution >= 4 is 17.7 Å². The number of nitro benzene ring substituents is 1. The van der Waals surface area contributed by atoms with E-state index in [1.54, 1.807) is 24.3 Å². The first-order valence-electron chi connectivity index (χ1n) is 9.71. The van der Waals surface area contributed by atoms with Gasteiger partial charge in [-0.1, -0.05) is 25.1 Å². The lowest BCUT2D eigenvalue weighted by molar-refractivity contribution is -0.385. The molecule has 0 aliphatic carbocycles. The number of nitrogens with zero attached hydrogens (tertiary/aromatic N) is 1. The number of benzene rings is 2. The minimum atomic E-state index is -0.735. The molecule has 3 rings (SSSR count). The van der Waals surface area contributed by atoms with E-state index < -0.39 is 17.2 Å². The van der Waals surface area contributed by atoms with Crippen LogP contribution < -0.4 is 9.47 Å². The van der Waals surface area contributed by atoms with Gasteiger partial charge in [0.25, 0.3) is 0 Å². The van der Waals surface area contributed by atoms with Crippen molar-refractivity contribution in [2.24, 2.45) is 0 Å². The van der Waals surface area contributed by atoms with Gasteiger partial charge >= 0.3 is 11.7 Å². The second-order valence-electron chi connectivity index (χ2n) is 6.55. The number of esters is 1. The zero-order chi connectivity index (χ0) is 21.3. The summed E-state index contributed by atoms with van der Waals surface area (Å²) in [7, 11) is 0. The molecule has 8 nitrogen and oxygen atoms in total. The van der Waals surface area contributed by atoms with E-state index in [9.17, 15) is 14.9 Å². The molecule has 8 heteroatoms. The van der Waals surface area contributed by atoms with E-state index >= 15 is 0 Å². The van der Waals surface area contributed by atoms with Crippen LogP contribution >= 0.6 is 0 Å². The van der Waals surface area contributed by atoms with Gasteiger partial charge in [0.2, 0.25) is 5.75 Å². The van der Waals surface area contributed by atoms with Gasteiger partial charge in [0, 0.05) is 23.3 Å². The third-order valence-corrected chi connectivity index (χ3v) is 4.27. The van der Waals surface area contributed by atoms with E-state index in [-0.39, 0.29) is 11.4 Å². The number of nitro groups is 1. The van der Waals surface area contributed by atoms with Crippen molar-refractivity contribution in [3.63, 3.8) is 0 Å². The second-order valence-corrected chi connectivity index (χ2v) is 6.55. The lowest BCUT2D eigenvalue weighted by atomic mass is 10.1. The summed E-state index contributed by atoms with van der Waals surface area (Å²) >= 11 is 0. The van der Waals surface area contributed by atoms with Crippen LogP contribution in [0.3, 0.4) is 0 Å². The summed E-state index contributed by atoms with van der Waals surface area (Å²) in [4.78, 5) is 23.1. The number of para-hydroxylation sites is 1. The van der Waals surface area contributed by atoms with Gasteiger partial charge in [-0.05, 0) is 37.1 Å². The molecule has 1 aliphatic rings. The van der Waals surface area contributed by atoms with Crippen LogP contribution in [0.2, 0.25) is 0 Å². The van der Waals surface area contributed by atoms with Crippen molar-refractivity contribution in [2.45, 2.75) is 26.1 Å². The third kappa shape index (κ3) is 5.65. The lowest BCUT2D eigenvalue weighted by Gasteiger charge is -2.23. The minimum Gasteiger partial charge on any atom is -0.493 e. The summed E-state index contributed by atoms with van der Waals surface area (Å²) in [5.74, 6) is -0.239. The monoisotopic (exact) mass is 413 g/mol. The van der Waals surface area contributed by atoms with Crippen LogP contribution in [0.25, 0.3) is 6.08 Å². The lowest BCUT2D eigenvalue weighted by Crippen LogP contribution is -2.18. The van der Waals surface area contributed by atoms with Crippen LogP contribution in [0, 0.1) is 10.1 Å². The summed E-state index contributed by atoms with van der Waals surface area (Å²) in [5, 5.41) is 11.5. The standard InChI is InChI=1S/C22H23NO7/c1-2-12-27-19-7-4-3-6-16(19)9-11-21(24)30-20-10-8-17(15-18(20)23(25)26)22-28-13-5-14-29-22/h3-4,6-11,15,22H,2,5,12-14H2,1H3/b11-9+. The average Bonchev–Trinajstić information content (AvgIpc) is 2.77. The molecule has 0 saturated carbocycles. The predicted octanol–water partition coefficient (Wildman–Crippen LogP) is 4.44. The molecule has 2 aromatic rings. The molecule has 1 saturated heterocycles. The highest BCUT2D eigenvalue weighted by atomic mass is 16.7. The number of carbonyl (C=O) groups excluding carboxylic acids is 1. The predicted molar refractivity (Wildman–Crippen MR) is 109 cm³/mol. The van der Waals surface area contributed by atoms with Gasteiger partial charge in [-0.15, -0.1) is 0 Å². The van der Waals surface area contributed by atoms with Crippen molar-refractivity contribution < 1.29 is 28.7 Å². The molecule has 0 spiro atoms. The third-order valence-electron chi connectivity index (χ3n) is 4.27. The van der Waals surface area contributed by atoms with E-state index in [0.717, 1.165) is 12.8 Å². The number of hydrogen-bond donors (Lipinski definition) is 0. The minimum absolute atomic E-state index is 0.148. The summed E-state index contributed by atoms with van der Waals surface area (Å²) in [5.41, 5.74) is 0.872. The molecule has 0 bridgehead atoms. The largest absolute Gasteiger partial charge is 0.493 e. The smallest absolute Gasteiger partial charge is 0.336 e. The van der Waals surface area contributed by atoms with Crippen LogP contribution in [0.5, 0.6) is 11.5 Å². The highest BCUT2D eigenvalue weighted by Gasteiger charge is 2.23. The molecule has 0 radical (unpaired) electrons. The first-order valence-corrected chi connectivity index (χ1v) is 9.71. The number of ether oxygens (including phenoxy) is 4. The Morgan fingerprint density at radius 3 is 2.70 bits per heavy atom. The molecule has 1 heterocycles. The van der Waals surface area contributed by atoms with Crippen LogP contribution in [0.1, 0.15) is 37.2 Å². The summed E-state index contributed by atoms with van der Waals surface area (Å²) in [6, 6.07) is 11.5. The van der Waals surface area contributed by atoms with Crippen molar-refractivity contribution in [3.8, 4) is 11.5 Å². The number of hydrogen-bond acceptors (Lipinski definition) is 7. The van der Waals surface area contributed by atoms with Gasteiger partial charge in [-0.3, -0.25) is 10.1 Å². The molecular formula is C22H23NO7. The van der Waals surface area contributed by atoms with Gasteiger partial charge in [0.1, 0.15) is 5.75 Å². The second kappa shape index (κ2) is 10.5. The van der Waals surface area contributed by atoms with Crippen molar-refractivity contribution in [1.82, 2.24) is 0 Å². The maximum atomic E-state index is 12.3. The molecule has 2 aromatic carbocycles. The molecule has 0 unspecified atom stereocenters. The Bertz CT molecular complexity index is 919. The maximum absolute atomic E-state index is 12.3. The molecule has 0 atom stereocenters. The Kier molecular flexibility index (Phi) is 7.53. The average molecular weight is 413 g/mol. The first kappa shape index (κ1) is 21.5. The van der Waals surface area contributed by atoms with E-state index in [1.165, 1.54) is 18.2 Å². The highest BCUT2D eigenvalue weighted by Crippen LogP contribution is 2.33. The fraction of sp³-hybridized carbons (Fsp3) is 0.318. The summed E-state index contributed by atoms with van der Waals surface area (Å²) < 4.78 is 21.8. The normalized spacial score (nSPS) is 14.6.